The number of rotatable bonds is 5. The van der Waals surface area contributed by atoms with Crippen molar-refractivity contribution in [2.45, 2.75) is 55.1 Å². The Labute approximate surface area is 142 Å². The van der Waals surface area contributed by atoms with E-state index in [0.29, 0.717) is 18.2 Å². The largest absolute Gasteiger partial charge is 0.333 e. The first-order valence-electron chi connectivity index (χ1n) is 8.56. The number of thioether (sulfide) groups is 1. The summed E-state index contributed by atoms with van der Waals surface area (Å²) in [5.41, 5.74) is 0.874. The molecule has 2 amide bonds. The summed E-state index contributed by atoms with van der Waals surface area (Å²) in [6.07, 6.45) is 7.64. The Morgan fingerprint density at radius 3 is 2.74 bits per heavy atom. The van der Waals surface area contributed by atoms with Gasteiger partial charge in [0.05, 0.1) is 12.2 Å². The Bertz CT molecular complexity index is 570. The highest BCUT2D eigenvalue weighted by molar-refractivity contribution is 8.00. The van der Waals surface area contributed by atoms with Crippen LogP contribution < -0.4 is 5.32 Å². The summed E-state index contributed by atoms with van der Waals surface area (Å²) in [5.74, 6) is -0.000243. The highest BCUT2D eigenvalue weighted by Crippen LogP contribution is 2.37. The average Bonchev–Trinajstić information content (AvgIpc) is 3.05. The van der Waals surface area contributed by atoms with Crippen LogP contribution in [0.25, 0.3) is 0 Å². The van der Waals surface area contributed by atoms with Gasteiger partial charge in [-0.05, 0) is 37.8 Å². The van der Waals surface area contributed by atoms with E-state index in [9.17, 15) is 9.59 Å². The van der Waals surface area contributed by atoms with Crippen LogP contribution >= 0.6 is 11.8 Å². The van der Waals surface area contributed by atoms with Gasteiger partial charge in [-0.25, -0.2) is 0 Å². The lowest BCUT2D eigenvalue weighted by Crippen LogP contribution is -2.40. The van der Waals surface area contributed by atoms with E-state index in [-0.39, 0.29) is 18.4 Å². The first-order chi connectivity index (χ1) is 11.2. The van der Waals surface area contributed by atoms with Crippen LogP contribution in [0.5, 0.6) is 0 Å². The molecule has 124 valence electrons. The summed E-state index contributed by atoms with van der Waals surface area (Å²) < 4.78 is 0. The zero-order valence-corrected chi connectivity index (χ0v) is 14.2. The summed E-state index contributed by atoms with van der Waals surface area (Å²) in [7, 11) is 0. The molecule has 0 spiro atoms. The fraction of sp³-hybridized carbons (Fsp3) is 0.556. The number of para-hydroxylation sites is 1. The number of nitrogens with one attached hydrogen (secondary N) is 1. The standard InChI is InChI=1S/C18H24N2O2S/c21-17(13-20-12-6-5-11-18(20)22)19-15-9-3-4-10-16(15)23-14-7-1-2-8-14/h3-4,9-10,14H,1-2,5-8,11-13H2,(H,19,21). The molecular weight excluding hydrogens is 308 g/mol. The molecule has 5 heteroatoms. The zero-order chi connectivity index (χ0) is 16.1. The maximum atomic E-state index is 12.3. The Morgan fingerprint density at radius 1 is 1.17 bits per heavy atom. The fourth-order valence-corrected chi connectivity index (χ4v) is 4.58. The van der Waals surface area contributed by atoms with Crippen molar-refractivity contribution in [2.24, 2.45) is 0 Å². The average molecular weight is 332 g/mol. The number of benzene rings is 1. The van der Waals surface area contributed by atoms with Crippen LogP contribution in [-0.2, 0) is 9.59 Å². The second kappa shape index (κ2) is 7.86. The Balaban J connectivity index is 1.60. The van der Waals surface area contributed by atoms with E-state index < -0.39 is 0 Å². The van der Waals surface area contributed by atoms with Gasteiger partial charge >= 0.3 is 0 Å². The van der Waals surface area contributed by atoms with Crippen LogP contribution in [0.3, 0.4) is 0 Å². The monoisotopic (exact) mass is 332 g/mol. The molecule has 0 atom stereocenters. The number of amides is 2. The number of likely N-dealkylation sites (tertiary alicyclic amines) is 1. The molecule has 1 saturated carbocycles. The molecule has 1 aromatic rings. The summed E-state index contributed by atoms with van der Waals surface area (Å²) in [5, 5.41) is 3.66. The number of hydrogen-bond acceptors (Lipinski definition) is 3. The molecule has 1 aliphatic carbocycles. The Kier molecular flexibility index (Phi) is 5.60. The molecule has 0 radical (unpaired) electrons. The Morgan fingerprint density at radius 2 is 1.96 bits per heavy atom. The van der Waals surface area contributed by atoms with Crippen molar-refractivity contribution in [1.29, 1.82) is 0 Å². The number of piperidine rings is 1. The molecule has 1 aromatic carbocycles. The minimum Gasteiger partial charge on any atom is -0.333 e. The van der Waals surface area contributed by atoms with Gasteiger partial charge in [-0.2, -0.15) is 0 Å². The van der Waals surface area contributed by atoms with Gasteiger partial charge in [0, 0.05) is 23.1 Å². The molecule has 0 bridgehead atoms. The van der Waals surface area contributed by atoms with Crippen LogP contribution in [0.1, 0.15) is 44.9 Å². The molecule has 2 fully saturated rings. The van der Waals surface area contributed by atoms with Gasteiger partial charge in [0.25, 0.3) is 0 Å². The quantitative estimate of drug-likeness (QED) is 0.895. The van der Waals surface area contributed by atoms with E-state index in [4.69, 9.17) is 0 Å². The van der Waals surface area contributed by atoms with Crippen LogP contribution in [0.15, 0.2) is 29.2 Å². The molecule has 1 saturated heterocycles. The predicted octanol–water partition coefficient (Wildman–Crippen LogP) is 3.67. The van der Waals surface area contributed by atoms with Crippen molar-refractivity contribution in [1.82, 2.24) is 4.90 Å². The highest BCUT2D eigenvalue weighted by Gasteiger charge is 2.21. The highest BCUT2D eigenvalue weighted by atomic mass is 32.2. The second-order valence-electron chi connectivity index (χ2n) is 6.34. The lowest BCUT2D eigenvalue weighted by molar-refractivity contribution is -0.136. The minimum absolute atomic E-state index is 0.0972. The van der Waals surface area contributed by atoms with Gasteiger partial charge < -0.3 is 10.2 Å². The molecule has 23 heavy (non-hydrogen) atoms. The van der Waals surface area contributed by atoms with E-state index >= 15 is 0 Å². The van der Waals surface area contributed by atoms with Crippen LogP contribution in [-0.4, -0.2) is 35.1 Å². The van der Waals surface area contributed by atoms with E-state index in [2.05, 4.69) is 11.4 Å². The minimum atomic E-state index is -0.0975. The third-order valence-electron chi connectivity index (χ3n) is 4.51. The third kappa shape index (κ3) is 4.50. The maximum Gasteiger partial charge on any atom is 0.244 e. The maximum absolute atomic E-state index is 12.3. The van der Waals surface area contributed by atoms with Crippen molar-refractivity contribution >= 4 is 29.3 Å². The van der Waals surface area contributed by atoms with Gasteiger partial charge in [0.1, 0.15) is 0 Å². The van der Waals surface area contributed by atoms with Crippen LogP contribution in [0, 0.1) is 0 Å². The van der Waals surface area contributed by atoms with Gasteiger partial charge in [0.2, 0.25) is 11.8 Å². The van der Waals surface area contributed by atoms with Crippen LogP contribution in [0.4, 0.5) is 5.69 Å². The third-order valence-corrected chi connectivity index (χ3v) is 5.93. The van der Waals surface area contributed by atoms with E-state index in [1.165, 1.54) is 25.7 Å². The lowest BCUT2D eigenvalue weighted by atomic mass is 10.1. The first-order valence-corrected chi connectivity index (χ1v) is 9.43. The van der Waals surface area contributed by atoms with Gasteiger partial charge in [-0.15, -0.1) is 11.8 Å². The molecule has 3 rings (SSSR count). The van der Waals surface area contributed by atoms with Crippen molar-refractivity contribution in [3.63, 3.8) is 0 Å². The van der Waals surface area contributed by atoms with Gasteiger partial charge in [-0.1, -0.05) is 25.0 Å². The number of anilines is 1. The van der Waals surface area contributed by atoms with Crippen molar-refractivity contribution in [3.8, 4) is 0 Å². The van der Waals surface area contributed by atoms with Crippen molar-refractivity contribution in [2.75, 3.05) is 18.4 Å². The lowest BCUT2D eigenvalue weighted by Gasteiger charge is -2.26. The number of carbonyl (C=O) groups is 2. The van der Waals surface area contributed by atoms with Gasteiger partial charge in [-0.3, -0.25) is 9.59 Å². The summed E-state index contributed by atoms with van der Waals surface area (Å²) in [4.78, 5) is 26.9. The summed E-state index contributed by atoms with van der Waals surface area (Å²) >= 11 is 1.87. The van der Waals surface area contributed by atoms with Crippen molar-refractivity contribution < 1.29 is 9.59 Å². The summed E-state index contributed by atoms with van der Waals surface area (Å²) in [6.45, 7) is 0.867. The van der Waals surface area contributed by atoms with Crippen LogP contribution in [0.2, 0.25) is 0 Å². The smallest absolute Gasteiger partial charge is 0.244 e. The first kappa shape index (κ1) is 16.4. The van der Waals surface area contributed by atoms with E-state index in [1.54, 1.807) is 4.90 Å². The molecule has 4 nitrogen and oxygen atoms in total. The fourth-order valence-electron chi connectivity index (χ4n) is 3.25. The number of nitrogens with zero attached hydrogens (tertiary/aromatic N) is 1. The van der Waals surface area contributed by atoms with E-state index in [1.807, 2.05) is 30.0 Å². The molecule has 2 aliphatic rings. The van der Waals surface area contributed by atoms with E-state index in [0.717, 1.165) is 23.4 Å². The second-order valence-corrected chi connectivity index (χ2v) is 7.68. The molecule has 1 aliphatic heterocycles. The molecule has 1 N–H and O–H groups in total. The molecule has 0 unspecified atom stereocenters. The van der Waals surface area contributed by atoms with Gasteiger partial charge in [0.15, 0.2) is 0 Å². The molecule has 0 aromatic heterocycles. The predicted molar refractivity (Wildman–Crippen MR) is 93.6 cm³/mol. The SMILES string of the molecule is O=C(CN1CCCCC1=O)Nc1ccccc1SC1CCCC1. The Hall–Kier alpha value is -1.49. The normalized spacial score (nSPS) is 19.1. The summed E-state index contributed by atoms with van der Waals surface area (Å²) in [6, 6.07) is 7.99. The number of hydrogen-bond donors (Lipinski definition) is 1. The zero-order valence-electron chi connectivity index (χ0n) is 13.4. The topological polar surface area (TPSA) is 49.4 Å². The van der Waals surface area contributed by atoms with Crippen molar-refractivity contribution in [3.05, 3.63) is 24.3 Å². The molecule has 1 heterocycles. The number of carbonyl (C=O) groups excluding carboxylic acids is 2. The molecular formula is C18H24N2O2S.